The average molecular weight is 588 g/mol. The Balaban J connectivity index is 1.22. The monoisotopic (exact) mass is 587 g/mol. The van der Waals surface area contributed by atoms with E-state index in [1.165, 1.54) is 0 Å². The molecule has 2 saturated heterocycles. The Kier molecular flexibility index (Phi) is 10.2. The van der Waals surface area contributed by atoms with Crippen LogP contribution in [-0.2, 0) is 11.3 Å². The number of aliphatic hydroxyl groups excluding tert-OH is 1. The Morgan fingerprint density at radius 2 is 1.74 bits per heavy atom. The van der Waals surface area contributed by atoms with E-state index in [-0.39, 0.29) is 17.8 Å². The van der Waals surface area contributed by atoms with E-state index in [4.69, 9.17) is 14.2 Å². The maximum absolute atomic E-state index is 16.4. The van der Waals surface area contributed by atoms with Crippen molar-refractivity contribution in [2.24, 2.45) is 5.41 Å². The topological polar surface area (TPSA) is 67.3 Å². The van der Waals surface area contributed by atoms with Crippen LogP contribution in [0, 0.1) is 17.0 Å². The Morgan fingerprint density at radius 1 is 1.00 bits per heavy atom. The average Bonchev–Trinajstić information content (AvgIpc) is 3.00. The van der Waals surface area contributed by atoms with Gasteiger partial charge in [-0.1, -0.05) is 0 Å². The first-order valence-corrected chi connectivity index (χ1v) is 14.7. The fraction of sp³-hybridized carbons (Fsp3) is 0.531. The fourth-order valence-corrected chi connectivity index (χ4v) is 6.08. The van der Waals surface area contributed by atoms with Crippen molar-refractivity contribution in [3.63, 3.8) is 0 Å². The lowest BCUT2D eigenvalue weighted by Gasteiger charge is -2.41. The molecule has 0 aliphatic carbocycles. The summed E-state index contributed by atoms with van der Waals surface area (Å²) < 4.78 is 59.7. The molecule has 1 aromatic heterocycles. The van der Waals surface area contributed by atoms with Gasteiger partial charge < -0.3 is 19.3 Å². The minimum Gasteiger partial charge on any atom is -0.497 e. The number of aliphatic hydroxyl groups is 1. The third kappa shape index (κ3) is 7.53. The highest BCUT2D eigenvalue weighted by atomic mass is 19.1. The second kappa shape index (κ2) is 14.0. The summed E-state index contributed by atoms with van der Waals surface area (Å²) in [5.41, 5.74) is 1.89. The molecule has 1 unspecified atom stereocenters. The molecule has 2 aromatic carbocycles. The van der Waals surface area contributed by atoms with Gasteiger partial charge in [0.05, 0.1) is 25.8 Å². The van der Waals surface area contributed by atoms with Crippen molar-refractivity contribution in [2.75, 3.05) is 66.3 Å². The van der Waals surface area contributed by atoms with Crippen LogP contribution in [0.2, 0.25) is 0 Å². The lowest BCUT2D eigenvalue weighted by molar-refractivity contribution is 0.0262. The van der Waals surface area contributed by atoms with Gasteiger partial charge in [0.15, 0.2) is 0 Å². The van der Waals surface area contributed by atoms with Gasteiger partial charge in [-0.05, 0) is 68.0 Å². The zero-order chi connectivity index (χ0) is 29.5. The second-order valence-corrected chi connectivity index (χ2v) is 11.4. The van der Waals surface area contributed by atoms with Crippen LogP contribution in [0.15, 0.2) is 42.6 Å². The molecule has 0 spiro atoms. The molecule has 2 fully saturated rings. The number of ether oxygens (including phenoxy) is 3. The normalized spacial score (nSPS) is 18.7. The van der Waals surface area contributed by atoms with Crippen molar-refractivity contribution in [3.8, 4) is 11.5 Å². The lowest BCUT2D eigenvalue weighted by Crippen LogP contribution is -2.43. The van der Waals surface area contributed by atoms with E-state index < -0.39 is 17.8 Å². The summed E-state index contributed by atoms with van der Waals surface area (Å²) in [6.07, 6.45) is 2.89. The Hall–Kier alpha value is -2.92. The Labute approximate surface area is 245 Å². The quantitative estimate of drug-likeness (QED) is 0.309. The van der Waals surface area contributed by atoms with Crippen LogP contribution in [0.25, 0.3) is 10.9 Å². The lowest BCUT2D eigenvalue weighted by atomic mass is 9.74. The molecule has 228 valence electrons. The van der Waals surface area contributed by atoms with E-state index in [2.05, 4.69) is 14.8 Å². The molecule has 2 aliphatic heterocycles. The number of fused-ring (bicyclic) bond motifs is 1. The maximum atomic E-state index is 16.4. The highest BCUT2D eigenvalue weighted by molar-refractivity contribution is 5.85. The minimum absolute atomic E-state index is 0.00181. The molecular formula is C32H40F3N3O4. The molecule has 2 aliphatic rings. The maximum Gasteiger partial charge on any atom is 0.129 e. The smallest absolute Gasteiger partial charge is 0.129 e. The molecule has 42 heavy (non-hydrogen) atoms. The summed E-state index contributed by atoms with van der Waals surface area (Å²) in [4.78, 5) is 9.11. The zero-order valence-electron chi connectivity index (χ0n) is 24.2. The summed E-state index contributed by atoms with van der Waals surface area (Å²) in [5.74, 6) is -0.521. The molecule has 0 saturated carbocycles. The van der Waals surface area contributed by atoms with E-state index in [9.17, 15) is 13.9 Å². The fourth-order valence-electron chi connectivity index (χ4n) is 6.08. The van der Waals surface area contributed by atoms with Crippen LogP contribution >= 0.6 is 0 Å². The number of halogens is 3. The molecule has 0 radical (unpaired) electrons. The number of pyridine rings is 1. The first kappa shape index (κ1) is 30.5. The van der Waals surface area contributed by atoms with Crippen LogP contribution < -0.4 is 9.47 Å². The first-order chi connectivity index (χ1) is 20.4. The van der Waals surface area contributed by atoms with Crippen LogP contribution in [0.1, 0.15) is 43.0 Å². The van der Waals surface area contributed by atoms with Crippen molar-refractivity contribution in [1.29, 1.82) is 0 Å². The molecule has 3 heterocycles. The van der Waals surface area contributed by atoms with Gasteiger partial charge in [-0.2, -0.15) is 0 Å². The number of hydrogen-bond acceptors (Lipinski definition) is 7. The van der Waals surface area contributed by atoms with Crippen molar-refractivity contribution >= 4 is 10.9 Å². The van der Waals surface area contributed by atoms with Crippen molar-refractivity contribution in [3.05, 3.63) is 65.4 Å². The van der Waals surface area contributed by atoms with Crippen molar-refractivity contribution in [2.45, 2.75) is 38.4 Å². The van der Waals surface area contributed by atoms with Gasteiger partial charge in [0.25, 0.3) is 0 Å². The van der Waals surface area contributed by atoms with Gasteiger partial charge in [-0.25, -0.2) is 13.2 Å². The van der Waals surface area contributed by atoms with Crippen molar-refractivity contribution < 1.29 is 32.5 Å². The molecule has 5 rings (SSSR count). The number of benzene rings is 2. The number of methoxy groups -OCH3 is 1. The summed E-state index contributed by atoms with van der Waals surface area (Å²) in [7, 11) is 1.60. The predicted octanol–water partition coefficient (Wildman–Crippen LogP) is 5.30. The summed E-state index contributed by atoms with van der Waals surface area (Å²) in [5, 5.41) is 11.2. The molecule has 0 amide bonds. The molecular weight excluding hydrogens is 547 g/mol. The Morgan fingerprint density at radius 3 is 2.43 bits per heavy atom. The number of likely N-dealkylation sites (tertiary alicyclic amines) is 1. The largest absolute Gasteiger partial charge is 0.497 e. The molecule has 7 nitrogen and oxygen atoms in total. The third-order valence-electron chi connectivity index (χ3n) is 8.70. The molecule has 0 bridgehead atoms. The van der Waals surface area contributed by atoms with Crippen LogP contribution in [-0.4, -0.2) is 86.2 Å². The highest BCUT2D eigenvalue weighted by Gasteiger charge is 2.35. The Bertz CT molecular complexity index is 1310. The van der Waals surface area contributed by atoms with Gasteiger partial charge in [0.2, 0.25) is 0 Å². The predicted molar refractivity (Wildman–Crippen MR) is 155 cm³/mol. The second-order valence-electron chi connectivity index (χ2n) is 11.4. The number of aromatic nitrogens is 1. The summed E-state index contributed by atoms with van der Waals surface area (Å²) in [6, 6.07) is 8.71. The van der Waals surface area contributed by atoms with Gasteiger partial charge in [-0.3, -0.25) is 14.8 Å². The number of morpholine rings is 1. The van der Waals surface area contributed by atoms with Crippen molar-refractivity contribution in [1.82, 2.24) is 14.8 Å². The minimum atomic E-state index is -1.22. The van der Waals surface area contributed by atoms with Gasteiger partial charge >= 0.3 is 0 Å². The van der Waals surface area contributed by atoms with E-state index in [1.807, 2.05) is 18.2 Å². The summed E-state index contributed by atoms with van der Waals surface area (Å²) >= 11 is 0. The molecule has 1 N–H and O–H groups in total. The SMILES string of the molecule is COc1ccc2ncc(CN3CCOCC3)c(C(F)CCC3(CO)CCN(CCOc4cc(F)cc(F)c4)CC3)c2c1. The van der Waals surface area contributed by atoms with E-state index in [0.717, 1.165) is 73.7 Å². The number of nitrogens with zero attached hydrogens (tertiary/aromatic N) is 3. The van der Waals surface area contributed by atoms with Gasteiger partial charge in [-0.15, -0.1) is 0 Å². The summed E-state index contributed by atoms with van der Waals surface area (Å²) in [6.45, 7) is 5.87. The zero-order valence-corrected chi connectivity index (χ0v) is 24.2. The number of hydrogen-bond donors (Lipinski definition) is 1. The molecule has 1 atom stereocenters. The molecule has 10 heteroatoms. The van der Waals surface area contributed by atoms with Gasteiger partial charge in [0.1, 0.15) is 35.9 Å². The number of rotatable bonds is 12. The van der Waals surface area contributed by atoms with Crippen LogP contribution in [0.5, 0.6) is 11.5 Å². The van der Waals surface area contributed by atoms with E-state index in [1.54, 1.807) is 13.3 Å². The van der Waals surface area contributed by atoms with Crippen LogP contribution in [0.4, 0.5) is 13.2 Å². The van der Waals surface area contributed by atoms with E-state index >= 15 is 4.39 Å². The number of alkyl halides is 1. The first-order valence-electron chi connectivity index (χ1n) is 14.7. The third-order valence-corrected chi connectivity index (χ3v) is 8.70. The van der Waals surface area contributed by atoms with Crippen LogP contribution in [0.3, 0.4) is 0 Å². The standard InChI is InChI=1S/C32H40F3N3O4/c1-40-26-2-3-30-28(19-26)31(23(20-36-30)21-38-10-13-41-14-11-38)29(35)4-5-32(22-39)6-8-37(9-7-32)12-15-42-27-17-24(33)16-25(34)18-27/h2-3,16-20,29,39H,4-15,21-22H2,1H3. The highest BCUT2D eigenvalue weighted by Crippen LogP contribution is 2.41. The molecule has 3 aromatic rings. The number of piperidine rings is 1. The van der Waals surface area contributed by atoms with E-state index in [0.29, 0.717) is 57.1 Å². The van der Waals surface area contributed by atoms with Gasteiger partial charge in [0, 0.05) is 68.1 Å².